The van der Waals surface area contributed by atoms with Crippen molar-refractivity contribution in [2.24, 2.45) is 0 Å². The van der Waals surface area contributed by atoms with Crippen molar-refractivity contribution in [1.82, 2.24) is 0 Å². The van der Waals surface area contributed by atoms with Crippen molar-refractivity contribution in [1.29, 1.82) is 0 Å². The molecule has 2 aromatic carbocycles. The van der Waals surface area contributed by atoms with E-state index in [9.17, 15) is 0 Å². The second kappa shape index (κ2) is 7.66. The summed E-state index contributed by atoms with van der Waals surface area (Å²) in [6.07, 6.45) is 0. The molecule has 0 radical (unpaired) electrons. The Morgan fingerprint density at radius 3 is 1.88 bits per heavy atom. The van der Waals surface area contributed by atoms with Gasteiger partial charge < -0.3 is 23.7 Å². The average Bonchev–Trinajstić information content (AvgIpc) is 2.59. The third kappa shape index (κ3) is 3.24. The lowest BCUT2D eigenvalue weighted by Crippen LogP contribution is -2.01. The summed E-state index contributed by atoms with van der Waals surface area (Å²) >= 11 is 3.52. The third-order valence-corrected chi connectivity index (χ3v) is 4.56. The van der Waals surface area contributed by atoms with E-state index >= 15 is 0 Å². The molecule has 5 nitrogen and oxygen atoms in total. The van der Waals surface area contributed by atoms with E-state index in [2.05, 4.69) is 15.9 Å². The van der Waals surface area contributed by atoms with Crippen molar-refractivity contribution in [2.45, 2.75) is 13.8 Å². The van der Waals surface area contributed by atoms with Crippen LogP contribution in [0.1, 0.15) is 11.1 Å². The molecule has 0 aliphatic heterocycles. The third-order valence-electron chi connectivity index (χ3n) is 3.70. The van der Waals surface area contributed by atoms with Crippen molar-refractivity contribution in [3.8, 4) is 34.5 Å². The SMILES string of the molecule is COc1ccc(Br)c(C)c1Oc1c(C)cc(OC)c(OC)c1OC. The highest BCUT2D eigenvalue weighted by Crippen LogP contribution is 2.49. The van der Waals surface area contributed by atoms with Crippen molar-refractivity contribution in [3.05, 3.63) is 33.8 Å². The molecule has 0 heterocycles. The largest absolute Gasteiger partial charge is 0.493 e. The minimum Gasteiger partial charge on any atom is -0.493 e. The van der Waals surface area contributed by atoms with E-state index in [4.69, 9.17) is 23.7 Å². The van der Waals surface area contributed by atoms with Crippen LogP contribution in [0.5, 0.6) is 34.5 Å². The molecule has 0 bridgehead atoms. The molecular weight excluding hydrogens is 376 g/mol. The number of benzene rings is 2. The Labute approximate surface area is 150 Å². The summed E-state index contributed by atoms with van der Waals surface area (Å²) in [5.41, 5.74) is 1.77. The van der Waals surface area contributed by atoms with Gasteiger partial charge >= 0.3 is 0 Å². The average molecular weight is 397 g/mol. The first-order chi connectivity index (χ1) is 11.5. The van der Waals surface area contributed by atoms with Crippen LogP contribution in [0.25, 0.3) is 0 Å². The molecule has 0 spiro atoms. The second-order valence-electron chi connectivity index (χ2n) is 5.10. The van der Waals surface area contributed by atoms with Crippen LogP contribution in [0.2, 0.25) is 0 Å². The van der Waals surface area contributed by atoms with Gasteiger partial charge in [-0.25, -0.2) is 0 Å². The fraction of sp³-hybridized carbons (Fsp3) is 0.333. The number of aryl methyl sites for hydroxylation is 1. The fourth-order valence-corrected chi connectivity index (χ4v) is 2.72. The number of methoxy groups -OCH3 is 4. The fourth-order valence-electron chi connectivity index (χ4n) is 2.41. The molecule has 2 rings (SSSR count). The van der Waals surface area contributed by atoms with Crippen LogP contribution in [0, 0.1) is 13.8 Å². The van der Waals surface area contributed by atoms with Crippen molar-refractivity contribution in [3.63, 3.8) is 0 Å². The number of rotatable bonds is 6. The van der Waals surface area contributed by atoms with Crippen molar-refractivity contribution >= 4 is 15.9 Å². The first-order valence-electron chi connectivity index (χ1n) is 7.28. The summed E-state index contributed by atoms with van der Waals surface area (Å²) in [5, 5.41) is 0. The maximum atomic E-state index is 6.19. The van der Waals surface area contributed by atoms with Gasteiger partial charge in [0, 0.05) is 10.0 Å². The number of hydrogen-bond acceptors (Lipinski definition) is 5. The monoisotopic (exact) mass is 396 g/mol. The molecule has 0 aliphatic rings. The molecular formula is C18H21BrO5. The number of ether oxygens (including phenoxy) is 5. The van der Waals surface area contributed by atoms with Gasteiger partial charge in [-0.3, -0.25) is 0 Å². The first-order valence-corrected chi connectivity index (χ1v) is 8.08. The summed E-state index contributed by atoms with van der Waals surface area (Å²) in [6, 6.07) is 5.60. The predicted octanol–water partition coefficient (Wildman–Crippen LogP) is 4.89. The van der Waals surface area contributed by atoms with Gasteiger partial charge in [0.25, 0.3) is 0 Å². The van der Waals surface area contributed by atoms with E-state index in [0.29, 0.717) is 34.5 Å². The van der Waals surface area contributed by atoms with Crippen molar-refractivity contribution < 1.29 is 23.7 Å². The first kappa shape index (κ1) is 18.3. The van der Waals surface area contributed by atoms with Gasteiger partial charge in [0.2, 0.25) is 11.5 Å². The van der Waals surface area contributed by atoms with Crippen LogP contribution in [-0.4, -0.2) is 28.4 Å². The van der Waals surface area contributed by atoms with Gasteiger partial charge in [0.1, 0.15) is 0 Å². The van der Waals surface area contributed by atoms with Gasteiger partial charge in [-0.05, 0) is 37.6 Å². The topological polar surface area (TPSA) is 46.2 Å². The van der Waals surface area contributed by atoms with Crippen LogP contribution < -0.4 is 23.7 Å². The van der Waals surface area contributed by atoms with Gasteiger partial charge in [-0.15, -0.1) is 0 Å². The van der Waals surface area contributed by atoms with Gasteiger partial charge in [-0.1, -0.05) is 15.9 Å². The standard InChI is InChI=1S/C18H21BrO5/c1-10-9-14(21-4)17(22-5)18(23-6)15(10)24-16-11(2)12(19)7-8-13(16)20-3/h7-9H,1-6H3. The van der Waals surface area contributed by atoms with Crippen LogP contribution >= 0.6 is 15.9 Å². The van der Waals surface area contributed by atoms with Crippen LogP contribution in [0.4, 0.5) is 0 Å². The van der Waals surface area contributed by atoms with Gasteiger partial charge in [0.05, 0.1) is 28.4 Å². The Morgan fingerprint density at radius 2 is 1.33 bits per heavy atom. The number of hydrogen-bond donors (Lipinski definition) is 0. The zero-order chi connectivity index (χ0) is 17.9. The van der Waals surface area contributed by atoms with Crippen molar-refractivity contribution in [2.75, 3.05) is 28.4 Å². The van der Waals surface area contributed by atoms with E-state index in [1.807, 2.05) is 32.0 Å². The smallest absolute Gasteiger partial charge is 0.208 e. The molecule has 2 aromatic rings. The van der Waals surface area contributed by atoms with Gasteiger partial charge in [-0.2, -0.15) is 0 Å². The highest BCUT2D eigenvalue weighted by Gasteiger charge is 2.23. The Morgan fingerprint density at radius 1 is 0.708 bits per heavy atom. The van der Waals surface area contributed by atoms with Crippen LogP contribution in [0.3, 0.4) is 0 Å². The normalized spacial score (nSPS) is 10.3. The quantitative estimate of drug-likeness (QED) is 0.695. The van der Waals surface area contributed by atoms with Gasteiger partial charge in [0.15, 0.2) is 23.0 Å². The minimum absolute atomic E-state index is 0.468. The lowest BCUT2D eigenvalue weighted by molar-refractivity contribution is 0.308. The molecule has 0 unspecified atom stereocenters. The molecule has 0 atom stereocenters. The summed E-state index contributed by atoms with van der Waals surface area (Å²) in [5.74, 6) is 3.32. The predicted molar refractivity (Wildman–Crippen MR) is 96.3 cm³/mol. The molecule has 130 valence electrons. The minimum atomic E-state index is 0.468. The molecule has 0 aliphatic carbocycles. The van der Waals surface area contributed by atoms with E-state index in [1.165, 1.54) is 0 Å². The molecule has 24 heavy (non-hydrogen) atoms. The van der Waals surface area contributed by atoms with Crippen LogP contribution in [-0.2, 0) is 0 Å². The van der Waals surface area contributed by atoms with E-state index in [1.54, 1.807) is 28.4 Å². The molecule has 0 amide bonds. The summed E-state index contributed by atoms with van der Waals surface area (Å²) < 4.78 is 28.9. The second-order valence-corrected chi connectivity index (χ2v) is 5.95. The molecule has 0 saturated carbocycles. The molecule has 0 aromatic heterocycles. The Kier molecular flexibility index (Phi) is 5.83. The highest BCUT2D eigenvalue weighted by molar-refractivity contribution is 9.10. The molecule has 0 fully saturated rings. The molecule has 6 heteroatoms. The Balaban J connectivity index is 2.65. The van der Waals surface area contributed by atoms with E-state index < -0.39 is 0 Å². The molecule has 0 N–H and O–H groups in total. The highest BCUT2D eigenvalue weighted by atomic mass is 79.9. The summed E-state index contributed by atoms with van der Waals surface area (Å²) in [7, 11) is 6.31. The zero-order valence-electron chi connectivity index (χ0n) is 14.7. The lowest BCUT2D eigenvalue weighted by Gasteiger charge is -2.20. The number of halogens is 1. The summed E-state index contributed by atoms with van der Waals surface area (Å²) in [4.78, 5) is 0. The summed E-state index contributed by atoms with van der Waals surface area (Å²) in [6.45, 7) is 3.87. The van der Waals surface area contributed by atoms with E-state index in [0.717, 1.165) is 15.6 Å². The Bertz CT molecular complexity index is 743. The Hall–Kier alpha value is -2.08. The maximum absolute atomic E-state index is 6.19. The molecule has 0 saturated heterocycles. The van der Waals surface area contributed by atoms with E-state index in [-0.39, 0.29) is 0 Å². The van der Waals surface area contributed by atoms with Crippen LogP contribution in [0.15, 0.2) is 22.7 Å². The zero-order valence-corrected chi connectivity index (χ0v) is 16.2. The maximum Gasteiger partial charge on any atom is 0.208 e. The lowest BCUT2D eigenvalue weighted by atomic mass is 10.1.